The monoisotopic (exact) mass is 460 g/mol. The van der Waals surface area contributed by atoms with E-state index in [1.165, 1.54) is 37.3 Å². The Labute approximate surface area is 185 Å². The van der Waals surface area contributed by atoms with Gasteiger partial charge in [0.05, 0.1) is 22.5 Å². The number of carboxylic acid groups (broad SMARTS) is 1. The van der Waals surface area contributed by atoms with Crippen molar-refractivity contribution in [3.05, 3.63) is 86.3 Å². The third kappa shape index (κ3) is 4.86. The molecule has 33 heavy (non-hydrogen) atoms. The summed E-state index contributed by atoms with van der Waals surface area (Å²) < 4.78 is 41.7. The normalized spacial score (nSPS) is 12.0. The van der Waals surface area contributed by atoms with Crippen LogP contribution in [0.15, 0.2) is 52.4 Å². The molecule has 1 aromatic heterocycles. The summed E-state index contributed by atoms with van der Waals surface area (Å²) in [5.41, 5.74) is 0.626. The molecule has 8 nitrogen and oxygen atoms in total. The molecule has 0 aliphatic carbocycles. The molecule has 0 bridgehead atoms. The summed E-state index contributed by atoms with van der Waals surface area (Å²) in [7, 11) is 0. The quantitative estimate of drug-likeness (QED) is 0.398. The number of aromatic amines is 1. The van der Waals surface area contributed by atoms with E-state index in [2.05, 4.69) is 15.6 Å². The summed E-state index contributed by atoms with van der Waals surface area (Å²) in [6.45, 7) is 4.76. The molecule has 1 amide bonds. The lowest BCUT2D eigenvalue weighted by Gasteiger charge is -2.07. The SMILES string of the molecule is CC(=NNC(=O)c1ccc(C(=O)O)cc1)c1c(C(F)(F)F)[nH]n(-c2ccc(C)c(C)c2)c1=O. The lowest BCUT2D eigenvalue weighted by Crippen LogP contribution is -2.24. The second kappa shape index (κ2) is 8.77. The molecule has 172 valence electrons. The Bertz CT molecular complexity index is 1320. The van der Waals surface area contributed by atoms with Crippen LogP contribution in [0.25, 0.3) is 5.69 Å². The number of benzene rings is 2. The van der Waals surface area contributed by atoms with Crippen molar-refractivity contribution in [1.82, 2.24) is 15.2 Å². The molecule has 0 saturated carbocycles. The summed E-state index contributed by atoms with van der Waals surface area (Å²) in [4.78, 5) is 36.0. The first-order valence-electron chi connectivity index (χ1n) is 9.58. The van der Waals surface area contributed by atoms with Gasteiger partial charge in [0.1, 0.15) is 0 Å². The number of hydrogen-bond donors (Lipinski definition) is 3. The molecule has 3 rings (SSSR count). The number of aromatic carboxylic acids is 1. The number of nitrogens with one attached hydrogen (secondary N) is 2. The van der Waals surface area contributed by atoms with E-state index >= 15 is 0 Å². The maximum atomic E-state index is 13.7. The molecule has 1 heterocycles. The van der Waals surface area contributed by atoms with E-state index < -0.39 is 34.9 Å². The van der Waals surface area contributed by atoms with E-state index in [4.69, 9.17) is 5.11 Å². The molecule has 0 fully saturated rings. The molecule has 11 heteroatoms. The van der Waals surface area contributed by atoms with Crippen molar-refractivity contribution in [2.75, 3.05) is 0 Å². The number of hydrogen-bond acceptors (Lipinski definition) is 4. The topological polar surface area (TPSA) is 117 Å². The first-order valence-corrected chi connectivity index (χ1v) is 9.58. The van der Waals surface area contributed by atoms with Crippen LogP contribution in [0.5, 0.6) is 0 Å². The van der Waals surface area contributed by atoms with Crippen molar-refractivity contribution in [2.45, 2.75) is 26.9 Å². The fourth-order valence-corrected chi connectivity index (χ4v) is 3.04. The average Bonchev–Trinajstić information content (AvgIpc) is 3.11. The lowest BCUT2D eigenvalue weighted by atomic mass is 10.1. The smallest absolute Gasteiger partial charge is 0.433 e. The van der Waals surface area contributed by atoms with Crippen LogP contribution in [0.4, 0.5) is 13.2 Å². The predicted molar refractivity (Wildman–Crippen MR) is 114 cm³/mol. The van der Waals surface area contributed by atoms with Gasteiger partial charge >= 0.3 is 12.1 Å². The van der Waals surface area contributed by atoms with E-state index in [-0.39, 0.29) is 22.5 Å². The van der Waals surface area contributed by atoms with Gasteiger partial charge in [0.25, 0.3) is 11.5 Å². The van der Waals surface area contributed by atoms with E-state index in [0.29, 0.717) is 0 Å². The van der Waals surface area contributed by atoms with Crippen LogP contribution in [0, 0.1) is 13.8 Å². The summed E-state index contributed by atoms with van der Waals surface area (Å²) >= 11 is 0. The van der Waals surface area contributed by atoms with E-state index in [0.717, 1.165) is 15.8 Å². The van der Waals surface area contributed by atoms with Gasteiger partial charge in [-0.2, -0.15) is 18.3 Å². The van der Waals surface area contributed by atoms with Crippen molar-refractivity contribution in [3.8, 4) is 5.69 Å². The summed E-state index contributed by atoms with van der Waals surface area (Å²) in [5.74, 6) is -1.96. The molecule has 0 spiro atoms. The summed E-state index contributed by atoms with van der Waals surface area (Å²) in [5, 5.41) is 14.7. The second-order valence-electron chi connectivity index (χ2n) is 7.29. The highest BCUT2D eigenvalue weighted by Crippen LogP contribution is 2.30. The number of hydrazone groups is 1. The number of nitrogens with zero attached hydrogens (tertiary/aromatic N) is 2. The Morgan fingerprint density at radius 2 is 1.64 bits per heavy atom. The molecule has 0 unspecified atom stereocenters. The zero-order valence-corrected chi connectivity index (χ0v) is 17.7. The van der Waals surface area contributed by atoms with Crippen molar-refractivity contribution < 1.29 is 27.9 Å². The molecule has 0 radical (unpaired) electrons. The van der Waals surface area contributed by atoms with Crippen LogP contribution >= 0.6 is 0 Å². The number of alkyl halides is 3. The number of aromatic nitrogens is 2. The number of carboxylic acids is 1. The minimum atomic E-state index is -4.88. The number of halogens is 3. The van der Waals surface area contributed by atoms with Gasteiger partial charge in [-0.1, -0.05) is 6.07 Å². The molecule has 0 atom stereocenters. The first kappa shape index (κ1) is 23.5. The molecule has 0 saturated heterocycles. The fraction of sp³-hybridized carbons (Fsp3) is 0.182. The fourth-order valence-electron chi connectivity index (χ4n) is 3.04. The standard InChI is InChI=1S/C22H19F3N4O4/c1-11-4-9-16(10-12(11)2)29-20(31)17(18(28-29)22(23,24)25)13(3)26-27-19(30)14-5-7-15(8-6-14)21(32)33/h4-10,28H,1-3H3,(H,27,30)(H,32,33). The highest BCUT2D eigenvalue weighted by atomic mass is 19.4. The number of carbonyl (C=O) groups excluding carboxylic acids is 1. The highest BCUT2D eigenvalue weighted by molar-refractivity contribution is 6.01. The van der Waals surface area contributed by atoms with Crippen LogP contribution in [-0.4, -0.2) is 32.5 Å². The lowest BCUT2D eigenvalue weighted by molar-refractivity contribution is -0.141. The van der Waals surface area contributed by atoms with Crippen LogP contribution in [0.3, 0.4) is 0 Å². The van der Waals surface area contributed by atoms with Gasteiger partial charge < -0.3 is 5.11 Å². The molecular formula is C22H19F3N4O4. The van der Waals surface area contributed by atoms with Crippen molar-refractivity contribution in [1.29, 1.82) is 0 Å². The first-order chi connectivity index (χ1) is 15.4. The maximum absolute atomic E-state index is 13.7. The molecule has 0 aliphatic heterocycles. The molecule has 0 aliphatic rings. The van der Waals surface area contributed by atoms with Gasteiger partial charge in [-0.3, -0.25) is 14.7 Å². The van der Waals surface area contributed by atoms with Crippen molar-refractivity contribution in [2.24, 2.45) is 5.10 Å². The van der Waals surface area contributed by atoms with Crippen molar-refractivity contribution in [3.63, 3.8) is 0 Å². The van der Waals surface area contributed by atoms with Gasteiger partial charge in [0.2, 0.25) is 0 Å². The third-order valence-electron chi connectivity index (χ3n) is 5.00. The van der Waals surface area contributed by atoms with E-state index in [9.17, 15) is 27.6 Å². The third-order valence-corrected chi connectivity index (χ3v) is 5.00. The Morgan fingerprint density at radius 1 is 1.03 bits per heavy atom. The van der Waals surface area contributed by atoms with Crippen LogP contribution in [-0.2, 0) is 6.18 Å². The number of amides is 1. The Kier molecular flexibility index (Phi) is 6.25. The predicted octanol–water partition coefficient (Wildman–Crippen LogP) is 3.65. The minimum Gasteiger partial charge on any atom is -0.478 e. The maximum Gasteiger partial charge on any atom is 0.433 e. The molecule has 3 aromatic rings. The van der Waals surface area contributed by atoms with E-state index in [1.807, 2.05) is 6.92 Å². The van der Waals surface area contributed by atoms with Gasteiger partial charge in [0, 0.05) is 5.56 Å². The molecular weight excluding hydrogens is 441 g/mol. The number of rotatable bonds is 5. The average molecular weight is 460 g/mol. The zero-order chi connectivity index (χ0) is 24.5. The summed E-state index contributed by atoms with van der Waals surface area (Å²) in [6, 6.07) is 9.63. The zero-order valence-electron chi connectivity index (χ0n) is 17.7. The van der Waals surface area contributed by atoms with Gasteiger partial charge in [0.15, 0.2) is 5.69 Å². The van der Waals surface area contributed by atoms with Gasteiger partial charge in [-0.05, 0) is 68.3 Å². The minimum absolute atomic E-state index is 0.0363. The number of carbonyl (C=O) groups is 2. The Morgan fingerprint density at radius 3 is 2.18 bits per heavy atom. The Hall–Kier alpha value is -4.15. The molecule has 3 N–H and O–H groups in total. The highest BCUT2D eigenvalue weighted by Gasteiger charge is 2.39. The van der Waals surface area contributed by atoms with Crippen LogP contribution < -0.4 is 11.0 Å². The summed E-state index contributed by atoms with van der Waals surface area (Å²) in [6.07, 6.45) is -4.88. The Balaban J connectivity index is 1.98. The van der Waals surface area contributed by atoms with Crippen molar-refractivity contribution >= 4 is 17.6 Å². The van der Waals surface area contributed by atoms with Crippen LogP contribution in [0.2, 0.25) is 0 Å². The van der Waals surface area contributed by atoms with Gasteiger partial charge in [-0.15, -0.1) is 0 Å². The second-order valence-corrected chi connectivity index (χ2v) is 7.29. The number of H-pyrrole nitrogens is 1. The van der Waals surface area contributed by atoms with Crippen LogP contribution in [0.1, 0.15) is 50.0 Å². The number of aryl methyl sites for hydroxylation is 2. The van der Waals surface area contributed by atoms with E-state index in [1.54, 1.807) is 19.1 Å². The largest absolute Gasteiger partial charge is 0.478 e. The molecule has 2 aromatic carbocycles. The van der Waals surface area contributed by atoms with Gasteiger partial charge in [-0.25, -0.2) is 14.9 Å².